The highest BCUT2D eigenvalue weighted by molar-refractivity contribution is 5.50. The molecule has 62 valence electrons. The van der Waals surface area contributed by atoms with Crippen LogP contribution in [0.1, 0.15) is 0 Å². The van der Waals surface area contributed by atoms with Gasteiger partial charge in [0.2, 0.25) is 0 Å². The van der Waals surface area contributed by atoms with Crippen LogP contribution in [0.4, 0.5) is 0 Å². The maximum Gasteiger partial charge on any atom is 0.156 e. The van der Waals surface area contributed by atoms with Gasteiger partial charge in [-0.2, -0.15) is 0 Å². The van der Waals surface area contributed by atoms with Crippen molar-refractivity contribution in [3.63, 3.8) is 0 Å². The Morgan fingerprint density at radius 2 is 2.00 bits per heavy atom. The fourth-order valence-electron chi connectivity index (χ4n) is 1.31. The Hall–Kier alpha value is -1.51. The molecule has 0 fully saturated rings. The number of nitrogens with zero attached hydrogens (tertiary/aromatic N) is 3. The predicted octanol–water partition coefficient (Wildman–Crippen LogP) is 1.43. The van der Waals surface area contributed by atoms with E-state index in [0.717, 1.165) is 11.5 Å². The minimum atomic E-state index is 1.00. The Labute approximate surface area is 71.3 Å². The van der Waals surface area contributed by atoms with Crippen LogP contribution in [0.2, 0.25) is 0 Å². The molecule has 2 aromatic heterocycles. The minimum absolute atomic E-state index is 1.00. The molecule has 0 amide bonds. The first kappa shape index (κ1) is 7.16. The molecule has 0 aromatic carbocycles. The summed E-state index contributed by atoms with van der Waals surface area (Å²) in [5, 5.41) is 0. The van der Waals surface area contributed by atoms with Gasteiger partial charge >= 0.3 is 0 Å². The second-order valence-corrected chi connectivity index (χ2v) is 2.87. The third-order valence-electron chi connectivity index (χ3n) is 1.99. The maximum atomic E-state index is 4.26. The molecule has 0 radical (unpaired) electrons. The van der Waals surface area contributed by atoms with Crippen molar-refractivity contribution in [3.05, 3.63) is 30.7 Å². The average molecular weight is 161 g/mol. The van der Waals surface area contributed by atoms with Crippen LogP contribution < -0.4 is 0 Å². The molecule has 0 saturated carbocycles. The monoisotopic (exact) mass is 161 g/mol. The molecule has 0 aliphatic rings. The molecule has 2 aromatic rings. The third-order valence-corrected chi connectivity index (χ3v) is 1.99. The quantitative estimate of drug-likeness (QED) is 0.620. The van der Waals surface area contributed by atoms with Crippen LogP contribution in [-0.4, -0.2) is 14.1 Å². The van der Waals surface area contributed by atoms with Gasteiger partial charge in [0.1, 0.15) is 0 Å². The SMILES string of the molecule is Cn1cccc1-c1nccn1C. The summed E-state index contributed by atoms with van der Waals surface area (Å²) in [7, 11) is 4.01. The van der Waals surface area contributed by atoms with Gasteiger partial charge in [0.15, 0.2) is 5.82 Å². The van der Waals surface area contributed by atoms with Crippen molar-refractivity contribution in [2.45, 2.75) is 0 Å². The first-order valence-corrected chi connectivity index (χ1v) is 3.88. The first-order valence-electron chi connectivity index (χ1n) is 3.88. The lowest BCUT2D eigenvalue weighted by Crippen LogP contribution is -1.96. The van der Waals surface area contributed by atoms with Crippen molar-refractivity contribution in [2.24, 2.45) is 14.1 Å². The smallest absolute Gasteiger partial charge is 0.156 e. The average Bonchev–Trinajstić information content (AvgIpc) is 2.59. The molecule has 0 atom stereocenters. The van der Waals surface area contributed by atoms with Crippen LogP contribution in [0.3, 0.4) is 0 Å². The molecule has 0 N–H and O–H groups in total. The van der Waals surface area contributed by atoms with Crippen molar-refractivity contribution in [1.29, 1.82) is 0 Å². The van der Waals surface area contributed by atoms with Gasteiger partial charge in [-0.15, -0.1) is 0 Å². The number of imidazole rings is 1. The molecular formula is C9H11N3. The normalized spacial score (nSPS) is 10.5. The molecule has 2 rings (SSSR count). The largest absolute Gasteiger partial charge is 0.348 e. The van der Waals surface area contributed by atoms with Crippen molar-refractivity contribution in [2.75, 3.05) is 0 Å². The Bertz CT molecular complexity index is 346. The van der Waals surface area contributed by atoms with Crippen LogP contribution >= 0.6 is 0 Å². The minimum Gasteiger partial charge on any atom is -0.348 e. The lowest BCUT2D eigenvalue weighted by molar-refractivity contribution is 0.873. The van der Waals surface area contributed by atoms with E-state index in [2.05, 4.69) is 15.6 Å². The summed E-state index contributed by atoms with van der Waals surface area (Å²) < 4.78 is 4.07. The molecular weight excluding hydrogens is 150 g/mol. The Balaban J connectivity index is 2.57. The number of hydrogen-bond donors (Lipinski definition) is 0. The highest BCUT2D eigenvalue weighted by Gasteiger charge is 2.04. The van der Waals surface area contributed by atoms with Gasteiger partial charge in [0.25, 0.3) is 0 Å². The number of rotatable bonds is 1. The van der Waals surface area contributed by atoms with Crippen molar-refractivity contribution >= 4 is 0 Å². The summed E-state index contributed by atoms with van der Waals surface area (Å²) in [6.07, 6.45) is 5.77. The van der Waals surface area contributed by atoms with Gasteiger partial charge in [0.05, 0.1) is 5.69 Å². The Morgan fingerprint density at radius 3 is 2.50 bits per heavy atom. The summed E-state index contributed by atoms with van der Waals surface area (Å²) in [5.41, 5.74) is 1.14. The molecule has 0 spiro atoms. The van der Waals surface area contributed by atoms with Gasteiger partial charge in [-0.3, -0.25) is 0 Å². The molecule has 0 bridgehead atoms. The molecule has 12 heavy (non-hydrogen) atoms. The van der Waals surface area contributed by atoms with E-state index in [-0.39, 0.29) is 0 Å². The molecule has 0 aliphatic carbocycles. The van der Waals surface area contributed by atoms with Gasteiger partial charge in [-0.1, -0.05) is 0 Å². The van der Waals surface area contributed by atoms with Gasteiger partial charge in [0, 0.05) is 32.7 Å². The topological polar surface area (TPSA) is 22.8 Å². The van der Waals surface area contributed by atoms with Crippen molar-refractivity contribution < 1.29 is 0 Å². The van der Waals surface area contributed by atoms with Gasteiger partial charge in [-0.05, 0) is 12.1 Å². The van der Waals surface area contributed by atoms with E-state index in [1.807, 2.05) is 43.3 Å². The summed E-state index contributed by atoms with van der Waals surface area (Å²) in [4.78, 5) is 4.26. The summed E-state index contributed by atoms with van der Waals surface area (Å²) in [6.45, 7) is 0. The first-order chi connectivity index (χ1) is 5.79. The zero-order chi connectivity index (χ0) is 8.55. The maximum absolute atomic E-state index is 4.26. The number of aromatic nitrogens is 3. The molecule has 0 unspecified atom stereocenters. The standard InChI is InChI=1S/C9H11N3/c1-11-6-3-4-8(11)9-10-5-7-12(9)2/h3-7H,1-2H3. The van der Waals surface area contributed by atoms with Crippen LogP contribution in [0, 0.1) is 0 Å². The van der Waals surface area contributed by atoms with Crippen LogP contribution in [0.25, 0.3) is 11.5 Å². The van der Waals surface area contributed by atoms with Crippen LogP contribution in [0.5, 0.6) is 0 Å². The fraction of sp³-hybridized carbons (Fsp3) is 0.222. The molecule has 0 aliphatic heterocycles. The Morgan fingerprint density at radius 1 is 1.17 bits per heavy atom. The Kier molecular flexibility index (Phi) is 1.50. The summed E-state index contributed by atoms with van der Waals surface area (Å²) in [6, 6.07) is 4.08. The molecule has 3 heteroatoms. The third kappa shape index (κ3) is 0.942. The van der Waals surface area contributed by atoms with E-state index >= 15 is 0 Å². The van der Waals surface area contributed by atoms with Gasteiger partial charge in [-0.25, -0.2) is 4.98 Å². The number of hydrogen-bond acceptors (Lipinski definition) is 1. The second kappa shape index (κ2) is 2.52. The van der Waals surface area contributed by atoms with E-state index in [0.29, 0.717) is 0 Å². The van der Waals surface area contributed by atoms with Crippen LogP contribution in [-0.2, 0) is 14.1 Å². The zero-order valence-corrected chi connectivity index (χ0v) is 7.23. The van der Waals surface area contributed by atoms with E-state index in [9.17, 15) is 0 Å². The van der Waals surface area contributed by atoms with E-state index in [4.69, 9.17) is 0 Å². The molecule has 0 saturated heterocycles. The van der Waals surface area contributed by atoms with Crippen molar-refractivity contribution in [3.8, 4) is 11.5 Å². The summed E-state index contributed by atoms with van der Waals surface area (Å²) >= 11 is 0. The van der Waals surface area contributed by atoms with E-state index < -0.39 is 0 Å². The lowest BCUT2D eigenvalue weighted by Gasteiger charge is -2.02. The highest BCUT2D eigenvalue weighted by Crippen LogP contribution is 2.15. The van der Waals surface area contributed by atoms with Crippen LogP contribution in [0.15, 0.2) is 30.7 Å². The molecule has 3 nitrogen and oxygen atoms in total. The van der Waals surface area contributed by atoms with Crippen molar-refractivity contribution in [1.82, 2.24) is 14.1 Å². The predicted molar refractivity (Wildman–Crippen MR) is 47.6 cm³/mol. The zero-order valence-electron chi connectivity index (χ0n) is 7.23. The second-order valence-electron chi connectivity index (χ2n) is 2.87. The van der Waals surface area contributed by atoms with Gasteiger partial charge < -0.3 is 9.13 Å². The summed E-state index contributed by atoms with van der Waals surface area (Å²) in [5.74, 6) is 1.00. The highest BCUT2D eigenvalue weighted by atomic mass is 15.1. The fourth-order valence-corrected chi connectivity index (χ4v) is 1.31. The molecule has 2 heterocycles. The number of aryl methyl sites for hydroxylation is 2. The lowest BCUT2D eigenvalue weighted by atomic mass is 10.4. The van der Waals surface area contributed by atoms with E-state index in [1.165, 1.54) is 0 Å². The van der Waals surface area contributed by atoms with E-state index in [1.54, 1.807) is 0 Å².